The second-order valence-corrected chi connectivity index (χ2v) is 2.78. The smallest absolute Gasteiger partial charge is 0.410 e. The first-order valence-electron chi connectivity index (χ1n) is 3.47. The predicted octanol–water partition coefficient (Wildman–Crippen LogP) is 1.74. The van der Waals surface area contributed by atoms with Gasteiger partial charge in [-0.15, -0.1) is 0 Å². The SMILES string of the molecule is CCOC(=O)N1CC(=CBr)C1. The maximum Gasteiger partial charge on any atom is 0.410 e. The lowest BCUT2D eigenvalue weighted by molar-refractivity contribution is 0.101. The van der Waals surface area contributed by atoms with E-state index in [2.05, 4.69) is 15.9 Å². The average Bonchev–Trinajstić information content (AvgIpc) is 1.86. The van der Waals surface area contributed by atoms with Crippen LogP contribution in [0.4, 0.5) is 4.79 Å². The molecule has 1 fully saturated rings. The molecular weight excluding hydrogens is 210 g/mol. The van der Waals surface area contributed by atoms with Crippen molar-refractivity contribution in [2.24, 2.45) is 0 Å². The first kappa shape index (κ1) is 8.59. The van der Waals surface area contributed by atoms with Gasteiger partial charge in [-0.05, 0) is 17.5 Å². The zero-order valence-corrected chi connectivity index (χ0v) is 7.93. The van der Waals surface area contributed by atoms with Gasteiger partial charge < -0.3 is 9.64 Å². The summed E-state index contributed by atoms with van der Waals surface area (Å²) in [5, 5.41) is 0. The minimum atomic E-state index is -0.217. The van der Waals surface area contributed by atoms with Gasteiger partial charge in [-0.25, -0.2) is 4.79 Å². The van der Waals surface area contributed by atoms with Crippen molar-refractivity contribution in [3.63, 3.8) is 0 Å². The number of carbonyl (C=O) groups excluding carboxylic acids is 1. The molecule has 1 saturated heterocycles. The van der Waals surface area contributed by atoms with E-state index < -0.39 is 0 Å². The molecule has 3 nitrogen and oxygen atoms in total. The molecule has 1 aliphatic rings. The van der Waals surface area contributed by atoms with E-state index in [9.17, 15) is 4.79 Å². The summed E-state index contributed by atoms with van der Waals surface area (Å²) in [6, 6.07) is 0. The maximum atomic E-state index is 10.9. The van der Waals surface area contributed by atoms with Crippen LogP contribution in [0.25, 0.3) is 0 Å². The quantitative estimate of drug-likeness (QED) is 0.673. The summed E-state index contributed by atoms with van der Waals surface area (Å²) < 4.78 is 4.78. The fraction of sp³-hybridized carbons (Fsp3) is 0.571. The van der Waals surface area contributed by atoms with Gasteiger partial charge in [-0.1, -0.05) is 15.9 Å². The van der Waals surface area contributed by atoms with Crippen LogP contribution in [-0.4, -0.2) is 30.7 Å². The van der Waals surface area contributed by atoms with E-state index in [1.807, 2.05) is 4.99 Å². The summed E-state index contributed by atoms with van der Waals surface area (Å²) in [6.07, 6.45) is -0.217. The lowest BCUT2D eigenvalue weighted by Gasteiger charge is -2.32. The Morgan fingerprint density at radius 3 is 2.91 bits per heavy atom. The minimum absolute atomic E-state index is 0.217. The number of nitrogens with zero attached hydrogens (tertiary/aromatic N) is 1. The van der Waals surface area contributed by atoms with Gasteiger partial charge in [0.15, 0.2) is 0 Å². The third kappa shape index (κ3) is 1.96. The van der Waals surface area contributed by atoms with Gasteiger partial charge in [-0.3, -0.25) is 0 Å². The Bertz CT molecular complexity index is 183. The number of carbonyl (C=O) groups is 1. The molecule has 1 aliphatic heterocycles. The summed E-state index contributed by atoms with van der Waals surface area (Å²) in [5.41, 5.74) is 1.22. The third-order valence-electron chi connectivity index (χ3n) is 1.47. The molecule has 0 aliphatic carbocycles. The molecule has 62 valence electrons. The van der Waals surface area contributed by atoms with E-state index in [4.69, 9.17) is 4.74 Å². The Morgan fingerprint density at radius 1 is 1.82 bits per heavy atom. The fourth-order valence-electron chi connectivity index (χ4n) is 0.857. The molecule has 1 rings (SSSR count). The topological polar surface area (TPSA) is 29.5 Å². The van der Waals surface area contributed by atoms with Crippen LogP contribution in [0.1, 0.15) is 6.92 Å². The summed E-state index contributed by atoms with van der Waals surface area (Å²) in [6.45, 7) is 3.65. The van der Waals surface area contributed by atoms with Gasteiger partial charge >= 0.3 is 6.09 Å². The van der Waals surface area contributed by atoms with E-state index >= 15 is 0 Å². The number of hydrogen-bond acceptors (Lipinski definition) is 2. The predicted molar refractivity (Wildman–Crippen MR) is 45.6 cm³/mol. The van der Waals surface area contributed by atoms with Crippen molar-refractivity contribution < 1.29 is 9.53 Å². The number of halogens is 1. The van der Waals surface area contributed by atoms with Crippen LogP contribution < -0.4 is 0 Å². The number of rotatable bonds is 1. The molecule has 0 atom stereocenters. The van der Waals surface area contributed by atoms with Crippen molar-refractivity contribution in [3.8, 4) is 0 Å². The van der Waals surface area contributed by atoms with Gasteiger partial charge in [-0.2, -0.15) is 0 Å². The van der Waals surface area contributed by atoms with Crippen LogP contribution in [0.5, 0.6) is 0 Å². The van der Waals surface area contributed by atoms with Crippen molar-refractivity contribution >= 4 is 22.0 Å². The average molecular weight is 220 g/mol. The molecule has 0 N–H and O–H groups in total. The summed E-state index contributed by atoms with van der Waals surface area (Å²) in [4.78, 5) is 14.4. The van der Waals surface area contributed by atoms with E-state index in [-0.39, 0.29) is 6.09 Å². The van der Waals surface area contributed by atoms with Crippen LogP contribution in [-0.2, 0) is 4.74 Å². The van der Waals surface area contributed by atoms with Gasteiger partial charge in [0.25, 0.3) is 0 Å². The van der Waals surface area contributed by atoms with E-state index in [1.165, 1.54) is 5.57 Å². The summed E-state index contributed by atoms with van der Waals surface area (Å²) in [5.74, 6) is 0. The van der Waals surface area contributed by atoms with Crippen LogP contribution in [0.3, 0.4) is 0 Å². The first-order chi connectivity index (χ1) is 5.27. The highest BCUT2D eigenvalue weighted by Crippen LogP contribution is 2.16. The fourth-order valence-corrected chi connectivity index (χ4v) is 1.15. The van der Waals surface area contributed by atoms with Crippen molar-refractivity contribution in [2.75, 3.05) is 19.7 Å². The van der Waals surface area contributed by atoms with Crippen LogP contribution >= 0.6 is 15.9 Å². The zero-order chi connectivity index (χ0) is 8.27. The molecule has 0 radical (unpaired) electrons. The molecular formula is C7H10BrNO2. The van der Waals surface area contributed by atoms with E-state index in [1.54, 1.807) is 11.8 Å². The van der Waals surface area contributed by atoms with E-state index in [0.717, 1.165) is 0 Å². The maximum absolute atomic E-state index is 10.9. The third-order valence-corrected chi connectivity index (χ3v) is 2.12. The monoisotopic (exact) mass is 219 g/mol. The van der Waals surface area contributed by atoms with Crippen molar-refractivity contribution in [1.29, 1.82) is 0 Å². The Labute approximate surface area is 74.1 Å². The minimum Gasteiger partial charge on any atom is -0.450 e. The number of amides is 1. The van der Waals surface area contributed by atoms with Crippen LogP contribution in [0.2, 0.25) is 0 Å². The molecule has 1 heterocycles. The highest BCUT2D eigenvalue weighted by atomic mass is 79.9. The second kappa shape index (κ2) is 3.76. The largest absolute Gasteiger partial charge is 0.450 e. The number of ether oxygens (including phenoxy) is 1. The molecule has 0 spiro atoms. The Kier molecular flexibility index (Phi) is 2.93. The van der Waals surface area contributed by atoms with Crippen molar-refractivity contribution in [3.05, 3.63) is 10.6 Å². The zero-order valence-electron chi connectivity index (χ0n) is 6.34. The van der Waals surface area contributed by atoms with Gasteiger partial charge in [0.2, 0.25) is 0 Å². The van der Waals surface area contributed by atoms with Gasteiger partial charge in [0.05, 0.1) is 6.61 Å². The molecule has 11 heavy (non-hydrogen) atoms. The Morgan fingerprint density at radius 2 is 2.45 bits per heavy atom. The summed E-state index contributed by atoms with van der Waals surface area (Å²) in [7, 11) is 0. The van der Waals surface area contributed by atoms with Gasteiger partial charge in [0.1, 0.15) is 0 Å². The highest BCUT2D eigenvalue weighted by molar-refractivity contribution is 9.11. The highest BCUT2D eigenvalue weighted by Gasteiger charge is 2.25. The van der Waals surface area contributed by atoms with Crippen LogP contribution in [0, 0.1) is 0 Å². The lowest BCUT2D eigenvalue weighted by Crippen LogP contribution is -2.44. The molecule has 1 amide bonds. The summed E-state index contributed by atoms with van der Waals surface area (Å²) >= 11 is 3.20. The molecule has 0 saturated carbocycles. The normalized spacial score (nSPS) is 15.8. The molecule has 0 aromatic rings. The lowest BCUT2D eigenvalue weighted by atomic mass is 10.1. The first-order valence-corrected chi connectivity index (χ1v) is 4.39. The Balaban J connectivity index is 2.26. The van der Waals surface area contributed by atoms with Crippen molar-refractivity contribution in [2.45, 2.75) is 6.92 Å². The molecule has 0 aromatic heterocycles. The van der Waals surface area contributed by atoms with Crippen LogP contribution in [0.15, 0.2) is 10.6 Å². The van der Waals surface area contributed by atoms with E-state index in [0.29, 0.717) is 19.7 Å². The van der Waals surface area contributed by atoms with Crippen molar-refractivity contribution in [1.82, 2.24) is 4.90 Å². The Hall–Kier alpha value is -0.510. The molecule has 0 aromatic carbocycles. The number of likely N-dealkylation sites (tertiary alicyclic amines) is 1. The number of hydrogen-bond donors (Lipinski definition) is 0. The molecule has 4 heteroatoms. The molecule has 0 bridgehead atoms. The second-order valence-electron chi connectivity index (χ2n) is 2.32. The standard InChI is InChI=1S/C7H10BrNO2/c1-2-11-7(10)9-4-6(3-8)5-9/h3H,2,4-5H2,1H3. The van der Waals surface area contributed by atoms with Gasteiger partial charge in [0, 0.05) is 13.1 Å². The molecule has 0 unspecified atom stereocenters.